The van der Waals surface area contributed by atoms with Crippen LogP contribution in [0.2, 0.25) is 0 Å². The summed E-state index contributed by atoms with van der Waals surface area (Å²) in [7, 11) is 0. The summed E-state index contributed by atoms with van der Waals surface area (Å²) < 4.78 is 61.3. The first kappa shape index (κ1) is 12.4. The smallest absolute Gasteiger partial charge is 0.251 e. The van der Waals surface area contributed by atoms with Crippen LogP contribution in [0, 0.1) is 0 Å². The first-order valence-corrected chi connectivity index (χ1v) is 4.88. The third-order valence-electron chi connectivity index (χ3n) is 1.63. The molecule has 0 aliphatic heterocycles. The Morgan fingerprint density at radius 3 is 2.33 bits per heavy atom. The average Bonchev–Trinajstić information content (AvgIpc) is 2.15. The predicted molar refractivity (Wildman–Crippen MR) is 46.8 cm³/mol. The normalized spacial score (nSPS) is 12.2. The Hall–Kier alpha value is -0.720. The number of halogens is 6. The summed E-state index contributed by atoms with van der Waals surface area (Å²) in [5, 5.41) is 0.178. The molecule has 0 saturated heterocycles. The van der Waals surface area contributed by atoms with Gasteiger partial charge in [0.15, 0.2) is 5.69 Å². The van der Waals surface area contributed by atoms with Gasteiger partial charge < -0.3 is 0 Å². The van der Waals surface area contributed by atoms with E-state index in [4.69, 9.17) is 0 Å². The minimum atomic E-state index is -4.85. The van der Waals surface area contributed by atoms with Crippen molar-refractivity contribution in [2.24, 2.45) is 0 Å². The summed E-state index contributed by atoms with van der Waals surface area (Å²) in [5.41, 5.74) is -2.33. The van der Waals surface area contributed by atoms with E-state index in [0.717, 1.165) is 12.3 Å². The Bertz CT molecular complexity index is 349. The summed E-state index contributed by atoms with van der Waals surface area (Å²) in [5.74, 6) is 0. The van der Waals surface area contributed by atoms with Crippen LogP contribution in [-0.2, 0) is 11.5 Å². The first-order chi connectivity index (χ1) is 6.86. The Labute approximate surface area is 90.4 Å². The molecule has 0 aromatic carbocycles. The predicted octanol–water partition coefficient (Wildman–Crippen LogP) is 3.93. The molecule has 0 bridgehead atoms. The van der Waals surface area contributed by atoms with Crippen LogP contribution in [0.4, 0.5) is 22.0 Å². The first-order valence-electron chi connectivity index (χ1n) is 3.76. The maximum Gasteiger partial charge on any atom is 0.433 e. The van der Waals surface area contributed by atoms with Crippen molar-refractivity contribution in [3.05, 3.63) is 29.1 Å². The highest BCUT2D eigenvalue weighted by molar-refractivity contribution is 9.08. The Morgan fingerprint density at radius 1 is 1.33 bits per heavy atom. The van der Waals surface area contributed by atoms with Gasteiger partial charge in [0.25, 0.3) is 6.43 Å². The van der Waals surface area contributed by atoms with Crippen molar-refractivity contribution in [3.8, 4) is 0 Å². The molecule has 0 saturated carbocycles. The molecule has 0 radical (unpaired) electrons. The number of hydrogen-bond donors (Lipinski definition) is 0. The second-order valence-corrected chi connectivity index (χ2v) is 3.27. The maximum atomic E-state index is 12.3. The van der Waals surface area contributed by atoms with Crippen LogP contribution >= 0.6 is 15.9 Å². The van der Waals surface area contributed by atoms with Crippen molar-refractivity contribution in [3.63, 3.8) is 0 Å². The van der Waals surface area contributed by atoms with Gasteiger partial charge in [-0.05, 0) is 11.6 Å². The molecule has 1 nitrogen and oxygen atoms in total. The fourth-order valence-electron chi connectivity index (χ4n) is 1.00. The SMILES string of the molecule is FC(F)c1cc(CBr)cnc1C(F)(F)F. The minimum Gasteiger partial charge on any atom is -0.251 e. The molecule has 1 aromatic heterocycles. The van der Waals surface area contributed by atoms with E-state index in [1.165, 1.54) is 0 Å². The van der Waals surface area contributed by atoms with Crippen molar-refractivity contribution in [2.75, 3.05) is 0 Å². The molecule has 0 fully saturated rings. The molecule has 1 heterocycles. The van der Waals surface area contributed by atoms with Gasteiger partial charge in [0, 0.05) is 17.1 Å². The number of rotatable bonds is 2. The fraction of sp³-hybridized carbons (Fsp3) is 0.375. The van der Waals surface area contributed by atoms with E-state index < -0.39 is 23.9 Å². The zero-order valence-corrected chi connectivity index (χ0v) is 8.74. The van der Waals surface area contributed by atoms with Crippen LogP contribution in [0.25, 0.3) is 0 Å². The van der Waals surface area contributed by atoms with Crippen molar-refractivity contribution in [2.45, 2.75) is 17.9 Å². The van der Waals surface area contributed by atoms with Crippen LogP contribution in [0.15, 0.2) is 12.3 Å². The summed E-state index contributed by atoms with van der Waals surface area (Å²) in [4.78, 5) is 3.01. The molecular formula is C8H5BrF5N. The van der Waals surface area contributed by atoms with Gasteiger partial charge in [-0.25, -0.2) is 8.78 Å². The molecule has 84 valence electrons. The third kappa shape index (κ3) is 2.87. The van der Waals surface area contributed by atoms with E-state index in [1.807, 2.05) is 0 Å². The zero-order chi connectivity index (χ0) is 11.6. The van der Waals surface area contributed by atoms with E-state index in [-0.39, 0.29) is 10.9 Å². The standard InChI is InChI=1S/C8H5BrF5N/c9-2-4-1-5(7(10)11)6(15-3-4)8(12,13)14/h1,3,7H,2H2. The second kappa shape index (κ2) is 4.42. The highest BCUT2D eigenvalue weighted by Gasteiger charge is 2.37. The molecular weight excluding hydrogens is 285 g/mol. The van der Waals surface area contributed by atoms with Crippen molar-refractivity contribution >= 4 is 15.9 Å². The number of pyridine rings is 1. The van der Waals surface area contributed by atoms with Crippen LogP contribution in [0.1, 0.15) is 23.2 Å². The van der Waals surface area contributed by atoms with Gasteiger partial charge in [0.2, 0.25) is 0 Å². The molecule has 15 heavy (non-hydrogen) atoms. The molecule has 0 aliphatic rings. The average molecular weight is 290 g/mol. The van der Waals surface area contributed by atoms with Crippen LogP contribution in [0.5, 0.6) is 0 Å². The van der Waals surface area contributed by atoms with E-state index in [0.29, 0.717) is 0 Å². The molecule has 1 rings (SSSR count). The monoisotopic (exact) mass is 289 g/mol. The molecule has 1 aromatic rings. The summed E-state index contributed by atoms with van der Waals surface area (Å²) in [6.45, 7) is 0. The lowest BCUT2D eigenvalue weighted by Crippen LogP contribution is -2.12. The van der Waals surface area contributed by atoms with Crippen molar-refractivity contribution < 1.29 is 22.0 Å². The zero-order valence-electron chi connectivity index (χ0n) is 7.15. The highest BCUT2D eigenvalue weighted by Crippen LogP contribution is 2.35. The number of aromatic nitrogens is 1. The van der Waals surface area contributed by atoms with Gasteiger partial charge in [-0.3, -0.25) is 4.98 Å². The Balaban J connectivity index is 3.28. The van der Waals surface area contributed by atoms with Crippen LogP contribution in [0.3, 0.4) is 0 Å². The largest absolute Gasteiger partial charge is 0.433 e. The van der Waals surface area contributed by atoms with Crippen molar-refractivity contribution in [1.82, 2.24) is 4.98 Å². The van der Waals surface area contributed by atoms with Gasteiger partial charge in [-0.15, -0.1) is 0 Å². The van der Waals surface area contributed by atoms with Gasteiger partial charge in [-0.1, -0.05) is 15.9 Å². The van der Waals surface area contributed by atoms with E-state index in [9.17, 15) is 22.0 Å². The highest BCUT2D eigenvalue weighted by atomic mass is 79.9. The van der Waals surface area contributed by atoms with E-state index in [1.54, 1.807) is 0 Å². The summed E-state index contributed by atoms with van der Waals surface area (Å²) in [6, 6.07) is 0.801. The number of alkyl halides is 6. The molecule has 0 N–H and O–H groups in total. The van der Waals surface area contributed by atoms with E-state index >= 15 is 0 Å². The van der Waals surface area contributed by atoms with Crippen LogP contribution in [-0.4, -0.2) is 4.98 Å². The van der Waals surface area contributed by atoms with Gasteiger partial charge in [0.05, 0.1) is 0 Å². The molecule has 0 unspecified atom stereocenters. The summed E-state index contributed by atoms with van der Waals surface area (Å²) in [6.07, 6.45) is -7.12. The van der Waals surface area contributed by atoms with Crippen molar-refractivity contribution in [1.29, 1.82) is 0 Å². The minimum absolute atomic E-state index is 0.178. The molecule has 0 spiro atoms. The Morgan fingerprint density at radius 2 is 1.93 bits per heavy atom. The molecule has 7 heteroatoms. The Kier molecular flexibility index (Phi) is 3.64. The third-order valence-corrected chi connectivity index (χ3v) is 2.28. The lowest BCUT2D eigenvalue weighted by molar-refractivity contribution is -0.143. The molecule has 0 aliphatic carbocycles. The van der Waals surface area contributed by atoms with Gasteiger partial charge in [0.1, 0.15) is 0 Å². The van der Waals surface area contributed by atoms with Gasteiger partial charge in [-0.2, -0.15) is 13.2 Å². The molecule has 0 atom stereocenters. The maximum absolute atomic E-state index is 12.3. The summed E-state index contributed by atoms with van der Waals surface area (Å²) >= 11 is 2.95. The second-order valence-electron chi connectivity index (χ2n) is 2.71. The topological polar surface area (TPSA) is 12.9 Å². The number of nitrogens with zero attached hydrogens (tertiary/aromatic N) is 1. The van der Waals surface area contributed by atoms with Crippen LogP contribution < -0.4 is 0 Å². The van der Waals surface area contributed by atoms with Gasteiger partial charge >= 0.3 is 6.18 Å². The number of hydrogen-bond acceptors (Lipinski definition) is 1. The quantitative estimate of drug-likeness (QED) is 0.594. The molecule has 0 amide bonds. The lowest BCUT2D eigenvalue weighted by Gasteiger charge is -2.11. The lowest BCUT2D eigenvalue weighted by atomic mass is 10.1. The van der Waals surface area contributed by atoms with E-state index in [2.05, 4.69) is 20.9 Å². The fourth-order valence-corrected chi connectivity index (χ4v) is 1.31.